The van der Waals surface area contributed by atoms with E-state index in [0.29, 0.717) is 0 Å². The first-order valence-corrected chi connectivity index (χ1v) is 5.22. The van der Waals surface area contributed by atoms with Gasteiger partial charge in [0.15, 0.2) is 6.04 Å². The third kappa shape index (κ3) is 1.63. The summed E-state index contributed by atoms with van der Waals surface area (Å²) in [4.78, 5) is 11.9. The van der Waals surface area contributed by atoms with Crippen LogP contribution in [0.25, 0.3) is 0 Å². The summed E-state index contributed by atoms with van der Waals surface area (Å²) in [7, 11) is 0. The van der Waals surface area contributed by atoms with Crippen LogP contribution in [0.4, 0.5) is 0 Å². The first-order valence-electron chi connectivity index (χ1n) is 5.22. The number of aromatic hydroxyl groups is 1. The van der Waals surface area contributed by atoms with Gasteiger partial charge in [-0.15, -0.1) is 0 Å². The van der Waals surface area contributed by atoms with Crippen LogP contribution in [0.2, 0.25) is 0 Å². The molecule has 0 fully saturated rings. The zero-order valence-corrected chi connectivity index (χ0v) is 8.82. The minimum Gasteiger partial charge on any atom is -0.491 e. The smallest absolute Gasteiger partial charge is 0.251 e. The molecule has 2 aliphatic rings. The third-order valence-electron chi connectivity index (χ3n) is 2.76. The Hall–Kier alpha value is -2.37. The fraction of sp³-hybridized carbons (Fsp3) is 0.182. The monoisotopic (exact) mass is 230 g/mol. The lowest BCUT2D eigenvalue weighted by Gasteiger charge is -2.27. The molecule has 0 bridgehead atoms. The number of hydrogen-bond acceptors (Lipinski definition) is 4. The lowest BCUT2D eigenvalue weighted by Crippen LogP contribution is -2.43. The molecule has 0 radical (unpaired) electrons. The Balaban J connectivity index is 1.98. The molecule has 1 amide bonds. The molecule has 1 aliphatic heterocycles. The van der Waals surface area contributed by atoms with Gasteiger partial charge >= 0.3 is 0 Å². The maximum atomic E-state index is 11.9. The van der Waals surface area contributed by atoms with Crippen LogP contribution in [0.1, 0.15) is 6.04 Å². The van der Waals surface area contributed by atoms with Crippen molar-refractivity contribution in [3.8, 4) is 5.88 Å². The number of rotatable bonds is 1. The number of carbonyl (C=O) groups excluding carboxylic acids is 1. The van der Waals surface area contributed by atoms with Crippen LogP contribution in [-0.2, 0) is 4.79 Å². The van der Waals surface area contributed by atoms with E-state index in [1.165, 1.54) is 10.9 Å². The van der Waals surface area contributed by atoms with Crippen LogP contribution in [-0.4, -0.2) is 32.0 Å². The lowest BCUT2D eigenvalue weighted by molar-refractivity contribution is -0.124. The summed E-state index contributed by atoms with van der Waals surface area (Å²) in [6.45, 7) is 0. The van der Waals surface area contributed by atoms with E-state index in [1.54, 1.807) is 0 Å². The van der Waals surface area contributed by atoms with E-state index >= 15 is 0 Å². The largest absolute Gasteiger partial charge is 0.491 e. The van der Waals surface area contributed by atoms with Gasteiger partial charge in [0.1, 0.15) is 0 Å². The fourth-order valence-electron chi connectivity index (χ4n) is 1.94. The van der Waals surface area contributed by atoms with Gasteiger partial charge in [-0.25, -0.2) is 4.68 Å². The highest BCUT2D eigenvalue weighted by atomic mass is 16.3. The van der Waals surface area contributed by atoms with Gasteiger partial charge in [0.2, 0.25) is 5.91 Å². The van der Waals surface area contributed by atoms with E-state index in [9.17, 15) is 4.79 Å². The molecular weight excluding hydrogens is 220 g/mol. The van der Waals surface area contributed by atoms with Crippen molar-refractivity contribution in [2.24, 2.45) is 0 Å². The van der Waals surface area contributed by atoms with E-state index in [0.717, 1.165) is 5.57 Å². The molecule has 2 unspecified atom stereocenters. The Bertz CT molecular complexity index is 556. The predicted octanol–water partition coefficient (Wildman–Crippen LogP) is 0.0756. The minimum absolute atomic E-state index is 0.0686. The van der Waals surface area contributed by atoms with E-state index in [-0.39, 0.29) is 17.8 Å². The van der Waals surface area contributed by atoms with Gasteiger partial charge in [0, 0.05) is 0 Å². The summed E-state index contributed by atoms with van der Waals surface area (Å²) in [5.41, 5.74) is 1.01. The molecule has 6 heteroatoms. The van der Waals surface area contributed by atoms with E-state index in [1.807, 2.05) is 30.4 Å². The number of fused-ring (bicyclic) bond motifs is 1. The van der Waals surface area contributed by atoms with Gasteiger partial charge in [0.25, 0.3) is 5.88 Å². The molecule has 1 aromatic heterocycles. The van der Waals surface area contributed by atoms with Crippen molar-refractivity contribution in [2.75, 3.05) is 0 Å². The summed E-state index contributed by atoms with van der Waals surface area (Å²) in [5, 5.41) is 19.1. The number of nitrogens with zero attached hydrogens (tertiary/aromatic N) is 3. The Kier molecular flexibility index (Phi) is 2.07. The summed E-state index contributed by atoms with van der Waals surface area (Å²) >= 11 is 0. The van der Waals surface area contributed by atoms with Gasteiger partial charge < -0.3 is 10.4 Å². The molecule has 86 valence electrons. The lowest BCUT2D eigenvalue weighted by atomic mass is 9.95. The topological polar surface area (TPSA) is 80.0 Å². The Morgan fingerprint density at radius 1 is 1.41 bits per heavy atom. The summed E-state index contributed by atoms with van der Waals surface area (Å²) in [6, 6.07) is -0.633. The molecule has 2 atom stereocenters. The second-order valence-electron chi connectivity index (χ2n) is 3.90. The summed E-state index contributed by atoms with van der Waals surface area (Å²) in [6.07, 6.45) is 10.8. The molecule has 2 N–H and O–H groups in total. The highest BCUT2D eigenvalue weighted by Crippen LogP contribution is 2.23. The molecule has 0 aromatic carbocycles. The van der Waals surface area contributed by atoms with E-state index < -0.39 is 6.04 Å². The van der Waals surface area contributed by atoms with Crippen LogP contribution >= 0.6 is 0 Å². The van der Waals surface area contributed by atoms with Gasteiger partial charge in [0.05, 0.1) is 12.2 Å². The SMILES string of the molecule is O=C1NC2C=CC=CC2=CC1n1cc(O)nn1. The zero-order chi connectivity index (χ0) is 11.8. The van der Waals surface area contributed by atoms with Crippen molar-refractivity contribution in [1.82, 2.24) is 20.3 Å². The molecule has 0 spiro atoms. The molecule has 1 aliphatic carbocycles. The van der Waals surface area contributed by atoms with Crippen LogP contribution in [0.5, 0.6) is 5.88 Å². The first kappa shape index (κ1) is 9.83. The van der Waals surface area contributed by atoms with Crippen LogP contribution in [0.3, 0.4) is 0 Å². The van der Waals surface area contributed by atoms with Crippen LogP contribution in [0.15, 0.2) is 42.2 Å². The zero-order valence-electron chi connectivity index (χ0n) is 8.82. The summed E-state index contributed by atoms with van der Waals surface area (Å²) < 4.78 is 1.33. The number of nitrogens with one attached hydrogen (secondary N) is 1. The quantitative estimate of drug-likeness (QED) is 0.715. The third-order valence-corrected chi connectivity index (χ3v) is 2.76. The molecule has 2 heterocycles. The predicted molar refractivity (Wildman–Crippen MR) is 59.0 cm³/mol. The van der Waals surface area contributed by atoms with Gasteiger partial charge in [-0.3, -0.25) is 4.79 Å². The average Bonchev–Trinajstić information content (AvgIpc) is 2.75. The van der Waals surface area contributed by atoms with Crippen molar-refractivity contribution in [1.29, 1.82) is 0 Å². The minimum atomic E-state index is -0.564. The molecule has 1 aromatic rings. The number of allylic oxidation sites excluding steroid dienone is 2. The van der Waals surface area contributed by atoms with Crippen molar-refractivity contribution < 1.29 is 9.90 Å². The van der Waals surface area contributed by atoms with Crippen molar-refractivity contribution in [3.05, 3.63) is 42.2 Å². The van der Waals surface area contributed by atoms with E-state index in [2.05, 4.69) is 15.6 Å². The average molecular weight is 230 g/mol. The molecule has 3 rings (SSSR count). The number of carbonyl (C=O) groups is 1. The molecular formula is C11H10N4O2. The standard InChI is InChI=1S/C11H10N4O2/c16-10-6-15(14-13-10)9-5-7-3-1-2-4-8(7)12-11(9)17/h1-6,8-9,16H,(H,12,17). The molecule has 6 nitrogen and oxygen atoms in total. The first-order chi connectivity index (χ1) is 8.24. The second-order valence-corrected chi connectivity index (χ2v) is 3.90. The number of hydrogen-bond donors (Lipinski definition) is 2. The maximum absolute atomic E-state index is 11.9. The van der Waals surface area contributed by atoms with Gasteiger partial charge in [-0.2, -0.15) is 0 Å². The normalized spacial score (nSPS) is 26.4. The van der Waals surface area contributed by atoms with Crippen molar-refractivity contribution in [2.45, 2.75) is 12.1 Å². The van der Waals surface area contributed by atoms with Gasteiger partial charge in [-0.05, 0) is 11.6 Å². The van der Waals surface area contributed by atoms with Crippen molar-refractivity contribution >= 4 is 5.91 Å². The highest BCUT2D eigenvalue weighted by molar-refractivity contribution is 5.85. The molecule has 17 heavy (non-hydrogen) atoms. The summed E-state index contributed by atoms with van der Waals surface area (Å²) in [5.74, 6) is -0.360. The molecule has 0 saturated carbocycles. The molecule has 0 saturated heterocycles. The maximum Gasteiger partial charge on any atom is 0.251 e. The van der Waals surface area contributed by atoms with E-state index in [4.69, 9.17) is 5.11 Å². The Morgan fingerprint density at radius 3 is 3.06 bits per heavy atom. The number of amides is 1. The van der Waals surface area contributed by atoms with Crippen LogP contribution in [0, 0.1) is 0 Å². The Labute approximate surface area is 96.9 Å². The van der Waals surface area contributed by atoms with Crippen molar-refractivity contribution in [3.63, 3.8) is 0 Å². The van der Waals surface area contributed by atoms with Gasteiger partial charge in [-0.1, -0.05) is 34.6 Å². The Morgan fingerprint density at radius 2 is 2.29 bits per heavy atom. The van der Waals surface area contributed by atoms with Crippen LogP contribution < -0.4 is 5.32 Å². The highest BCUT2D eigenvalue weighted by Gasteiger charge is 2.29. The fourth-order valence-corrected chi connectivity index (χ4v) is 1.94. The second kappa shape index (κ2) is 3.58. The number of aromatic nitrogens is 3.